The lowest BCUT2D eigenvalue weighted by Crippen LogP contribution is -2.37. The summed E-state index contributed by atoms with van der Waals surface area (Å²) < 4.78 is 27.7. The number of hydrogen-bond acceptors (Lipinski definition) is 3. The summed E-state index contributed by atoms with van der Waals surface area (Å²) >= 11 is 12.2. The van der Waals surface area contributed by atoms with E-state index in [0.29, 0.717) is 21.3 Å². The Balaban J connectivity index is 1.91. The van der Waals surface area contributed by atoms with Crippen molar-refractivity contribution in [2.24, 2.45) is 0 Å². The SMILES string of the molecule is Cc1cccc(NC(=O)CN(Cc2ccc(Cl)cc2Cl)S(=O)(=O)c2ccccc2)c1C. The first kappa shape index (κ1) is 23.3. The van der Waals surface area contributed by atoms with Gasteiger partial charge in [-0.1, -0.05) is 59.6 Å². The Morgan fingerprint density at radius 2 is 1.68 bits per heavy atom. The third kappa shape index (κ3) is 5.66. The highest BCUT2D eigenvalue weighted by Gasteiger charge is 2.27. The summed E-state index contributed by atoms with van der Waals surface area (Å²) in [4.78, 5) is 12.9. The lowest BCUT2D eigenvalue weighted by molar-refractivity contribution is -0.116. The molecule has 0 aliphatic carbocycles. The fraction of sp³-hybridized carbons (Fsp3) is 0.174. The molecule has 0 unspecified atom stereocenters. The van der Waals surface area contributed by atoms with E-state index in [4.69, 9.17) is 23.2 Å². The van der Waals surface area contributed by atoms with Crippen molar-refractivity contribution in [3.8, 4) is 0 Å². The van der Waals surface area contributed by atoms with E-state index in [1.807, 2.05) is 26.0 Å². The van der Waals surface area contributed by atoms with Crippen molar-refractivity contribution in [1.82, 2.24) is 4.31 Å². The summed E-state index contributed by atoms with van der Waals surface area (Å²) in [6.07, 6.45) is 0. The molecule has 0 fully saturated rings. The minimum atomic E-state index is -3.95. The van der Waals surface area contributed by atoms with Crippen LogP contribution in [0.4, 0.5) is 5.69 Å². The van der Waals surface area contributed by atoms with E-state index in [9.17, 15) is 13.2 Å². The summed E-state index contributed by atoms with van der Waals surface area (Å²) in [5, 5.41) is 3.59. The number of benzene rings is 3. The van der Waals surface area contributed by atoms with Gasteiger partial charge in [0.15, 0.2) is 0 Å². The van der Waals surface area contributed by atoms with Crippen LogP contribution in [-0.4, -0.2) is 25.2 Å². The van der Waals surface area contributed by atoms with Crippen molar-refractivity contribution in [1.29, 1.82) is 0 Å². The monoisotopic (exact) mass is 476 g/mol. The zero-order valence-corrected chi connectivity index (χ0v) is 19.4. The van der Waals surface area contributed by atoms with Gasteiger partial charge < -0.3 is 5.32 Å². The van der Waals surface area contributed by atoms with Gasteiger partial charge in [0.1, 0.15) is 0 Å². The normalized spacial score (nSPS) is 11.5. The predicted octanol–water partition coefficient (Wildman–Crippen LogP) is 5.44. The Hall–Kier alpha value is -2.38. The van der Waals surface area contributed by atoms with Gasteiger partial charge in [0.25, 0.3) is 0 Å². The first-order chi connectivity index (χ1) is 14.7. The zero-order valence-electron chi connectivity index (χ0n) is 17.1. The van der Waals surface area contributed by atoms with Gasteiger partial charge in [0.05, 0.1) is 11.4 Å². The number of amides is 1. The average Bonchev–Trinajstić information content (AvgIpc) is 2.73. The van der Waals surface area contributed by atoms with Gasteiger partial charge in [-0.25, -0.2) is 8.42 Å². The number of aryl methyl sites for hydroxylation is 1. The van der Waals surface area contributed by atoms with Crippen LogP contribution in [0, 0.1) is 13.8 Å². The molecule has 1 amide bonds. The summed E-state index contributed by atoms with van der Waals surface area (Å²) in [5.74, 6) is -0.446. The first-order valence-corrected chi connectivity index (χ1v) is 11.7. The standard InChI is InChI=1S/C23H22Cl2N2O3S/c1-16-7-6-10-22(17(16)2)26-23(28)15-27(14-18-11-12-19(24)13-21(18)25)31(29,30)20-8-4-3-5-9-20/h3-13H,14-15H2,1-2H3,(H,26,28). The van der Waals surface area contributed by atoms with Gasteiger partial charge in [0.2, 0.25) is 15.9 Å². The second-order valence-corrected chi connectivity index (χ2v) is 9.90. The number of nitrogens with zero attached hydrogens (tertiary/aromatic N) is 1. The number of anilines is 1. The summed E-state index contributed by atoms with van der Waals surface area (Å²) in [7, 11) is -3.95. The van der Waals surface area contributed by atoms with Crippen molar-refractivity contribution >= 4 is 44.8 Å². The molecule has 3 aromatic carbocycles. The summed E-state index contributed by atoms with van der Waals surface area (Å²) in [6.45, 7) is 3.40. The quantitative estimate of drug-likeness (QED) is 0.493. The topological polar surface area (TPSA) is 66.5 Å². The third-order valence-corrected chi connectivity index (χ3v) is 7.33. The van der Waals surface area contributed by atoms with E-state index in [1.54, 1.807) is 42.5 Å². The Bertz CT molecular complexity index is 1200. The van der Waals surface area contributed by atoms with Crippen molar-refractivity contribution in [2.45, 2.75) is 25.3 Å². The molecule has 0 heterocycles. The van der Waals surface area contributed by atoms with Crippen LogP contribution in [0.1, 0.15) is 16.7 Å². The van der Waals surface area contributed by atoms with Crippen molar-refractivity contribution in [3.63, 3.8) is 0 Å². The lowest BCUT2D eigenvalue weighted by Gasteiger charge is -2.23. The molecule has 162 valence electrons. The van der Waals surface area contributed by atoms with Crippen LogP contribution < -0.4 is 5.32 Å². The van der Waals surface area contributed by atoms with E-state index in [-0.39, 0.29) is 18.0 Å². The van der Waals surface area contributed by atoms with E-state index < -0.39 is 15.9 Å². The molecule has 0 bridgehead atoms. The molecule has 5 nitrogen and oxygen atoms in total. The molecule has 0 saturated carbocycles. The van der Waals surface area contributed by atoms with Gasteiger partial charge in [-0.3, -0.25) is 4.79 Å². The maximum atomic E-state index is 13.3. The summed E-state index contributed by atoms with van der Waals surface area (Å²) in [6, 6.07) is 18.4. The number of halogens is 2. The van der Waals surface area contributed by atoms with Crippen LogP contribution in [0.2, 0.25) is 10.0 Å². The molecular formula is C23H22Cl2N2O3S. The molecule has 0 aliphatic rings. The largest absolute Gasteiger partial charge is 0.325 e. The molecule has 0 aliphatic heterocycles. The van der Waals surface area contributed by atoms with Crippen molar-refractivity contribution in [3.05, 3.63) is 93.5 Å². The molecule has 3 aromatic rings. The number of hydrogen-bond donors (Lipinski definition) is 1. The number of carbonyl (C=O) groups is 1. The maximum absolute atomic E-state index is 13.3. The van der Waals surface area contributed by atoms with E-state index >= 15 is 0 Å². The van der Waals surface area contributed by atoms with Crippen molar-refractivity contribution < 1.29 is 13.2 Å². The van der Waals surface area contributed by atoms with E-state index in [0.717, 1.165) is 15.4 Å². The Morgan fingerprint density at radius 1 is 0.968 bits per heavy atom. The Kier molecular flexibility index (Phi) is 7.38. The van der Waals surface area contributed by atoms with Gasteiger partial charge in [-0.05, 0) is 60.9 Å². The first-order valence-electron chi connectivity index (χ1n) is 9.53. The molecule has 0 saturated heterocycles. The van der Waals surface area contributed by atoms with Crippen LogP contribution >= 0.6 is 23.2 Å². The van der Waals surface area contributed by atoms with Gasteiger partial charge in [-0.2, -0.15) is 4.31 Å². The number of rotatable bonds is 7. The molecule has 31 heavy (non-hydrogen) atoms. The van der Waals surface area contributed by atoms with Crippen LogP contribution in [0.5, 0.6) is 0 Å². The van der Waals surface area contributed by atoms with Crippen LogP contribution in [0.15, 0.2) is 71.6 Å². The molecule has 0 aromatic heterocycles. The highest BCUT2D eigenvalue weighted by Crippen LogP contribution is 2.25. The number of nitrogens with one attached hydrogen (secondary N) is 1. The molecule has 0 atom stereocenters. The fourth-order valence-electron chi connectivity index (χ4n) is 3.04. The summed E-state index contributed by atoms with van der Waals surface area (Å²) in [5.41, 5.74) is 3.14. The van der Waals surface area contributed by atoms with Crippen LogP contribution in [-0.2, 0) is 21.4 Å². The van der Waals surface area contributed by atoms with Crippen LogP contribution in [0.3, 0.4) is 0 Å². The molecule has 0 spiro atoms. The molecule has 3 rings (SSSR count). The van der Waals surface area contributed by atoms with Gasteiger partial charge >= 0.3 is 0 Å². The average molecular weight is 477 g/mol. The molecule has 0 radical (unpaired) electrons. The third-order valence-electron chi connectivity index (χ3n) is 4.94. The number of sulfonamides is 1. The smallest absolute Gasteiger partial charge is 0.243 e. The minimum Gasteiger partial charge on any atom is -0.325 e. The maximum Gasteiger partial charge on any atom is 0.243 e. The van der Waals surface area contributed by atoms with E-state index in [1.165, 1.54) is 12.1 Å². The highest BCUT2D eigenvalue weighted by atomic mass is 35.5. The predicted molar refractivity (Wildman–Crippen MR) is 125 cm³/mol. The van der Waals surface area contributed by atoms with Crippen molar-refractivity contribution in [2.75, 3.05) is 11.9 Å². The minimum absolute atomic E-state index is 0.0759. The molecular weight excluding hydrogens is 455 g/mol. The van der Waals surface area contributed by atoms with Gasteiger partial charge in [0, 0.05) is 22.3 Å². The second-order valence-electron chi connectivity index (χ2n) is 7.12. The zero-order chi connectivity index (χ0) is 22.6. The van der Waals surface area contributed by atoms with E-state index in [2.05, 4.69) is 5.32 Å². The Labute approximate surface area is 192 Å². The highest BCUT2D eigenvalue weighted by molar-refractivity contribution is 7.89. The fourth-order valence-corrected chi connectivity index (χ4v) is 4.91. The number of carbonyl (C=O) groups excluding carboxylic acids is 1. The lowest BCUT2D eigenvalue weighted by atomic mass is 10.1. The molecule has 8 heteroatoms. The molecule has 1 N–H and O–H groups in total. The van der Waals surface area contributed by atoms with Gasteiger partial charge in [-0.15, -0.1) is 0 Å². The second kappa shape index (κ2) is 9.83. The van der Waals surface area contributed by atoms with Crippen LogP contribution in [0.25, 0.3) is 0 Å². The Morgan fingerprint density at radius 3 is 2.35 bits per heavy atom.